The number of likely N-dealkylation sites (tertiary alicyclic amines) is 1. The fourth-order valence-electron chi connectivity index (χ4n) is 3.44. The van der Waals surface area contributed by atoms with Crippen molar-refractivity contribution in [3.05, 3.63) is 0 Å². The summed E-state index contributed by atoms with van der Waals surface area (Å²) in [4.78, 5) is 31.0. The van der Waals surface area contributed by atoms with E-state index in [1.165, 1.54) is 6.42 Å². The van der Waals surface area contributed by atoms with Crippen LogP contribution in [0.15, 0.2) is 0 Å². The third kappa shape index (κ3) is 4.70. The molecule has 2 heterocycles. The first-order valence-corrected chi connectivity index (χ1v) is 9.26. The molecule has 2 N–H and O–H groups in total. The zero-order chi connectivity index (χ0) is 17.9. The molecule has 6 nitrogen and oxygen atoms in total. The lowest BCUT2D eigenvalue weighted by molar-refractivity contribution is -0.138. The van der Waals surface area contributed by atoms with E-state index in [1.807, 2.05) is 30.6 Å². The molecular weight excluding hydrogens is 304 g/mol. The number of hydrogen-bond acceptors (Lipinski definition) is 4. The normalized spacial score (nSPS) is 24.8. The Labute approximate surface area is 146 Å². The van der Waals surface area contributed by atoms with Crippen molar-refractivity contribution in [3.63, 3.8) is 0 Å². The summed E-state index contributed by atoms with van der Waals surface area (Å²) in [6.07, 6.45) is 3.45. The number of piperidine rings is 1. The van der Waals surface area contributed by atoms with E-state index in [2.05, 4.69) is 11.8 Å². The minimum atomic E-state index is -0.472. The van der Waals surface area contributed by atoms with E-state index in [-0.39, 0.29) is 17.2 Å². The van der Waals surface area contributed by atoms with Crippen LogP contribution in [-0.2, 0) is 9.59 Å². The van der Waals surface area contributed by atoms with E-state index in [0.717, 1.165) is 32.5 Å². The molecule has 0 aromatic carbocycles. The van der Waals surface area contributed by atoms with E-state index in [1.54, 1.807) is 0 Å². The summed E-state index contributed by atoms with van der Waals surface area (Å²) < 4.78 is 0. The number of carbonyl (C=O) groups is 2. The number of hydrogen-bond donors (Lipinski definition) is 1. The van der Waals surface area contributed by atoms with Crippen molar-refractivity contribution in [2.24, 2.45) is 11.1 Å². The lowest BCUT2D eigenvalue weighted by Crippen LogP contribution is -2.57. The zero-order valence-electron chi connectivity index (χ0n) is 15.8. The van der Waals surface area contributed by atoms with Crippen molar-refractivity contribution in [1.29, 1.82) is 0 Å². The Morgan fingerprint density at radius 2 is 1.71 bits per heavy atom. The molecule has 0 spiro atoms. The summed E-state index contributed by atoms with van der Waals surface area (Å²) in [5.41, 5.74) is 5.86. The van der Waals surface area contributed by atoms with Gasteiger partial charge in [-0.1, -0.05) is 20.8 Å². The summed E-state index contributed by atoms with van der Waals surface area (Å²) in [7, 11) is 0. The molecule has 2 atom stereocenters. The Morgan fingerprint density at radius 1 is 1.08 bits per heavy atom. The Bertz CT molecular complexity index is 452. The quantitative estimate of drug-likeness (QED) is 0.830. The lowest BCUT2D eigenvalue weighted by Gasteiger charge is -2.39. The van der Waals surface area contributed by atoms with Gasteiger partial charge in [-0.05, 0) is 31.6 Å². The molecule has 2 amide bonds. The van der Waals surface area contributed by atoms with Crippen LogP contribution < -0.4 is 5.73 Å². The highest BCUT2D eigenvalue weighted by atomic mass is 16.2. The molecule has 2 fully saturated rings. The van der Waals surface area contributed by atoms with Gasteiger partial charge in [0, 0.05) is 38.8 Å². The van der Waals surface area contributed by atoms with Crippen LogP contribution in [-0.4, -0.2) is 77.9 Å². The first-order valence-electron chi connectivity index (χ1n) is 9.26. The molecule has 24 heavy (non-hydrogen) atoms. The minimum Gasteiger partial charge on any atom is -0.339 e. The molecule has 2 aliphatic rings. The summed E-state index contributed by atoms with van der Waals surface area (Å²) in [6, 6.07) is -0.112. The van der Waals surface area contributed by atoms with Crippen LogP contribution in [0.5, 0.6) is 0 Å². The Kier molecular flexibility index (Phi) is 6.26. The highest BCUT2D eigenvalue weighted by Crippen LogP contribution is 2.20. The summed E-state index contributed by atoms with van der Waals surface area (Å²) in [5.74, 6) is 0.256. The van der Waals surface area contributed by atoms with E-state index in [4.69, 9.17) is 5.73 Å². The smallest absolute Gasteiger partial charge is 0.240 e. The summed E-state index contributed by atoms with van der Waals surface area (Å²) >= 11 is 0. The predicted octanol–water partition coefficient (Wildman–Crippen LogP) is 0.905. The van der Waals surface area contributed by atoms with Crippen LogP contribution in [0, 0.1) is 5.41 Å². The summed E-state index contributed by atoms with van der Waals surface area (Å²) in [5, 5.41) is 0. The molecule has 0 aromatic heterocycles. The van der Waals surface area contributed by atoms with Gasteiger partial charge in [-0.2, -0.15) is 0 Å². The van der Waals surface area contributed by atoms with Crippen LogP contribution in [0.4, 0.5) is 0 Å². The average molecular weight is 338 g/mol. The molecular formula is C18H34N4O2. The molecule has 2 saturated heterocycles. The highest BCUT2D eigenvalue weighted by molar-refractivity contribution is 5.82. The van der Waals surface area contributed by atoms with Gasteiger partial charge in [0.1, 0.15) is 0 Å². The standard InChI is InChI=1S/C18H34N4O2/c1-14-7-5-6-8-22(14)15(23)13-20-9-11-21(12-10-20)17(24)16(19)18(2,3)4/h14,16H,5-13,19H2,1-4H3/t14?,16-/m1/s1. The third-order valence-electron chi connectivity index (χ3n) is 5.37. The van der Waals surface area contributed by atoms with Crippen molar-refractivity contribution in [2.75, 3.05) is 39.3 Å². The lowest BCUT2D eigenvalue weighted by atomic mass is 9.86. The minimum absolute atomic E-state index is 0.0260. The van der Waals surface area contributed by atoms with Crippen molar-refractivity contribution in [1.82, 2.24) is 14.7 Å². The van der Waals surface area contributed by atoms with Crippen LogP contribution >= 0.6 is 0 Å². The molecule has 1 unspecified atom stereocenters. The Morgan fingerprint density at radius 3 is 2.25 bits per heavy atom. The van der Waals surface area contributed by atoms with E-state index in [9.17, 15) is 9.59 Å². The molecule has 0 saturated carbocycles. The highest BCUT2D eigenvalue weighted by Gasteiger charge is 2.33. The van der Waals surface area contributed by atoms with Gasteiger partial charge in [0.25, 0.3) is 0 Å². The predicted molar refractivity (Wildman–Crippen MR) is 95.5 cm³/mol. The van der Waals surface area contributed by atoms with Crippen molar-refractivity contribution < 1.29 is 9.59 Å². The van der Waals surface area contributed by atoms with Crippen LogP contribution in [0.3, 0.4) is 0 Å². The second-order valence-electron chi connectivity index (χ2n) is 8.38. The first-order chi connectivity index (χ1) is 11.2. The number of rotatable bonds is 3. The van der Waals surface area contributed by atoms with Crippen molar-refractivity contribution >= 4 is 11.8 Å². The van der Waals surface area contributed by atoms with Gasteiger partial charge in [0.05, 0.1) is 12.6 Å². The number of carbonyl (C=O) groups excluding carboxylic acids is 2. The third-order valence-corrected chi connectivity index (χ3v) is 5.37. The largest absolute Gasteiger partial charge is 0.339 e. The topological polar surface area (TPSA) is 69.9 Å². The molecule has 6 heteroatoms. The fourth-order valence-corrected chi connectivity index (χ4v) is 3.44. The molecule has 0 radical (unpaired) electrons. The van der Waals surface area contributed by atoms with Gasteiger partial charge in [-0.3, -0.25) is 14.5 Å². The maximum absolute atomic E-state index is 12.5. The van der Waals surface area contributed by atoms with Gasteiger partial charge in [-0.15, -0.1) is 0 Å². The molecule has 0 aromatic rings. The second-order valence-corrected chi connectivity index (χ2v) is 8.38. The Balaban J connectivity index is 1.80. The monoisotopic (exact) mass is 338 g/mol. The Hall–Kier alpha value is -1.14. The van der Waals surface area contributed by atoms with Crippen LogP contribution in [0.25, 0.3) is 0 Å². The zero-order valence-corrected chi connectivity index (χ0v) is 15.8. The molecule has 0 aliphatic carbocycles. The molecule has 138 valence electrons. The van der Waals surface area contributed by atoms with Gasteiger partial charge >= 0.3 is 0 Å². The maximum atomic E-state index is 12.5. The number of nitrogens with zero attached hydrogens (tertiary/aromatic N) is 3. The molecule has 2 rings (SSSR count). The number of amides is 2. The fraction of sp³-hybridized carbons (Fsp3) is 0.889. The number of piperazine rings is 1. The first kappa shape index (κ1) is 19.2. The van der Waals surface area contributed by atoms with Crippen molar-refractivity contribution in [3.8, 4) is 0 Å². The van der Waals surface area contributed by atoms with Gasteiger partial charge in [0.2, 0.25) is 11.8 Å². The average Bonchev–Trinajstić information content (AvgIpc) is 2.53. The molecule has 0 bridgehead atoms. The summed E-state index contributed by atoms with van der Waals surface area (Å²) in [6.45, 7) is 12.3. The van der Waals surface area contributed by atoms with E-state index >= 15 is 0 Å². The van der Waals surface area contributed by atoms with Gasteiger partial charge in [-0.25, -0.2) is 0 Å². The van der Waals surface area contributed by atoms with E-state index in [0.29, 0.717) is 25.7 Å². The van der Waals surface area contributed by atoms with Gasteiger partial charge in [0.15, 0.2) is 0 Å². The van der Waals surface area contributed by atoms with Gasteiger partial charge < -0.3 is 15.5 Å². The SMILES string of the molecule is CC1CCCCN1C(=O)CN1CCN(C(=O)[C@@H](N)C(C)(C)C)CC1. The van der Waals surface area contributed by atoms with Crippen LogP contribution in [0.1, 0.15) is 47.0 Å². The maximum Gasteiger partial charge on any atom is 0.240 e. The van der Waals surface area contributed by atoms with Crippen molar-refractivity contribution in [2.45, 2.75) is 59.0 Å². The second kappa shape index (κ2) is 7.83. The number of nitrogens with two attached hydrogens (primary N) is 1. The van der Waals surface area contributed by atoms with Crippen LogP contribution in [0.2, 0.25) is 0 Å². The van der Waals surface area contributed by atoms with E-state index < -0.39 is 6.04 Å². The molecule has 2 aliphatic heterocycles.